The molecule has 0 aliphatic carbocycles. The summed E-state index contributed by atoms with van der Waals surface area (Å²) in [6.45, 7) is 0. The third-order valence-corrected chi connectivity index (χ3v) is 4.31. The van der Waals surface area contributed by atoms with Gasteiger partial charge in [0.2, 0.25) is 0 Å². The number of benzene rings is 1. The summed E-state index contributed by atoms with van der Waals surface area (Å²) in [5, 5.41) is 3.03. The van der Waals surface area contributed by atoms with Crippen LogP contribution in [0.1, 0.15) is 10.4 Å². The maximum atomic E-state index is 12.8. The van der Waals surface area contributed by atoms with Gasteiger partial charge in [-0.2, -0.15) is 39.0 Å². The molecule has 0 radical (unpaired) electrons. The molecule has 0 saturated heterocycles. The van der Waals surface area contributed by atoms with E-state index in [-0.39, 0.29) is 17.3 Å². The molecule has 0 unspecified atom stereocenters. The minimum Gasteiger partial charge on any atom is -0.454 e. The van der Waals surface area contributed by atoms with E-state index in [0.29, 0.717) is 17.0 Å². The summed E-state index contributed by atoms with van der Waals surface area (Å²) in [5.41, 5.74) is -1.97. The number of nitrogens with one attached hydrogen (secondary N) is 1. The lowest BCUT2D eigenvalue weighted by Gasteiger charge is -2.16. The molecule has 1 aromatic heterocycles. The summed E-state index contributed by atoms with van der Waals surface area (Å²) in [5.74, 6) is -2.27. The number of ether oxygens (including phenoxy) is 1. The van der Waals surface area contributed by atoms with Crippen LogP contribution < -0.4 is 10.1 Å². The predicted molar refractivity (Wildman–Crippen MR) is 83.2 cm³/mol. The van der Waals surface area contributed by atoms with Crippen LogP contribution in [0.4, 0.5) is 32.0 Å². The van der Waals surface area contributed by atoms with Gasteiger partial charge in [-0.05, 0) is 29.6 Å². The fourth-order valence-corrected chi connectivity index (χ4v) is 2.78. The Morgan fingerprint density at radius 2 is 1.80 bits per heavy atom. The lowest BCUT2D eigenvalue weighted by Crippen LogP contribution is -2.30. The molecule has 1 aromatic carbocycles. The second-order valence-corrected chi connectivity index (χ2v) is 5.95. The summed E-state index contributed by atoms with van der Waals surface area (Å²) in [4.78, 5) is 11.7. The molecular formula is C14H9F6NO2S2. The standard InChI is InChI=1S/C14H9F6NO2S2/c15-13(16,17)7-1-2-9(23-10-3-4-25-11(10)6-24)8(5-7)21-12(22)14(18,19)20/h1-5,24H,6H2,(H,21,22). The van der Waals surface area contributed by atoms with Crippen molar-refractivity contribution in [2.45, 2.75) is 18.1 Å². The number of rotatable bonds is 4. The maximum absolute atomic E-state index is 12.8. The van der Waals surface area contributed by atoms with Crippen LogP contribution in [0.15, 0.2) is 29.6 Å². The SMILES string of the molecule is O=C(Nc1cc(C(F)(F)F)ccc1Oc1ccsc1CS)C(F)(F)F. The minimum atomic E-state index is -5.26. The Labute approximate surface area is 147 Å². The van der Waals surface area contributed by atoms with Crippen LogP contribution in [-0.4, -0.2) is 12.1 Å². The topological polar surface area (TPSA) is 38.3 Å². The molecule has 1 N–H and O–H groups in total. The number of anilines is 1. The Hall–Kier alpha value is -1.88. The van der Waals surface area contributed by atoms with Gasteiger partial charge in [-0.25, -0.2) is 0 Å². The van der Waals surface area contributed by atoms with Gasteiger partial charge in [0.25, 0.3) is 0 Å². The van der Waals surface area contributed by atoms with Crippen LogP contribution in [0.2, 0.25) is 0 Å². The van der Waals surface area contributed by atoms with Gasteiger partial charge in [-0.15, -0.1) is 11.3 Å². The van der Waals surface area contributed by atoms with Gasteiger partial charge in [0.05, 0.1) is 16.1 Å². The van der Waals surface area contributed by atoms with Gasteiger partial charge >= 0.3 is 18.3 Å². The highest BCUT2D eigenvalue weighted by atomic mass is 32.1. The van der Waals surface area contributed by atoms with Gasteiger partial charge in [-0.3, -0.25) is 4.79 Å². The molecule has 2 rings (SSSR count). The number of halogens is 6. The molecule has 2 aromatic rings. The molecule has 0 fully saturated rings. The van der Waals surface area contributed by atoms with E-state index in [1.165, 1.54) is 22.7 Å². The number of thiol groups is 1. The maximum Gasteiger partial charge on any atom is 0.471 e. The van der Waals surface area contributed by atoms with E-state index >= 15 is 0 Å². The van der Waals surface area contributed by atoms with Crippen LogP contribution in [0.3, 0.4) is 0 Å². The first-order chi connectivity index (χ1) is 11.5. The molecular weight excluding hydrogens is 392 g/mol. The fourth-order valence-electron chi connectivity index (χ4n) is 1.74. The van der Waals surface area contributed by atoms with Crippen molar-refractivity contribution in [1.29, 1.82) is 0 Å². The summed E-state index contributed by atoms with van der Waals surface area (Å²) >= 11 is 5.30. The summed E-state index contributed by atoms with van der Waals surface area (Å²) in [6.07, 6.45) is -10.1. The highest BCUT2D eigenvalue weighted by Gasteiger charge is 2.40. The fraction of sp³-hybridized carbons (Fsp3) is 0.214. The number of hydrogen-bond donors (Lipinski definition) is 2. The molecule has 0 atom stereocenters. The van der Waals surface area contributed by atoms with E-state index in [2.05, 4.69) is 12.6 Å². The lowest BCUT2D eigenvalue weighted by atomic mass is 10.1. The van der Waals surface area contributed by atoms with Crippen molar-refractivity contribution in [3.8, 4) is 11.5 Å². The van der Waals surface area contributed by atoms with E-state index < -0.39 is 29.5 Å². The van der Waals surface area contributed by atoms with Crippen molar-refractivity contribution in [3.05, 3.63) is 40.1 Å². The van der Waals surface area contributed by atoms with E-state index in [1.807, 2.05) is 0 Å². The zero-order valence-electron chi connectivity index (χ0n) is 12.0. The third kappa shape index (κ3) is 4.82. The first-order valence-corrected chi connectivity index (χ1v) is 7.98. The summed E-state index contributed by atoms with van der Waals surface area (Å²) in [7, 11) is 0. The molecule has 11 heteroatoms. The number of thiophene rings is 1. The minimum absolute atomic E-state index is 0.224. The highest BCUT2D eigenvalue weighted by molar-refractivity contribution is 7.79. The molecule has 0 spiro atoms. The van der Waals surface area contributed by atoms with Gasteiger partial charge in [0.15, 0.2) is 5.75 Å². The molecule has 0 aliphatic rings. The first kappa shape index (κ1) is 19.4. The first-order valence-electron chi connectivity index (χ1n) is 6.47. The van der Waals surface area contributed by atoms with Crippen molar-refractivity contribution in [3.63, 3.8) is 0 Å². The van der Waals surface area contributed by atoms with Crippen LogP contribution >= 0.6 is 24.0 Å². The van der Waals surface area contributed by atoms with Crippen LogP contribution in [0, 0.1) is 0 Å². The van der Waals surface area contributed by atoms with Gasteiger partial charge < -0.3 is 10.1 Å². The zero-order chi connectivity index (χ0) is 18.8. The Morgan fingerprint density at radius 3 is 2.36 bits per heavy atom. The molecule has 0 bridgehead atoms. The Bertz CT molecular complexity index is 769. The average molecular weight is 401 g/mol. The molecule has 1 heterocycles. The molecule has 0 aliphatic heterocycles. The highest BCUT2D eigenvalue weighted by Crippen LogP contribution is 2.39. The van der Waals surface area contributed by atoms with Crippen molar-refractivity contribution in [1.82, 2.24) is 0 Å². The lowest BCUT2D eigenvalue weighted by molar-refractivity contribution is -0.167. The van der Waals surface area contributed by atoms with Crippen LogP contribution in [0.25, 0.3) is 0 Å². The summed E-state index contributed by atoms with van der Waals surface area (Å²) in [6, 6.07) is 3.36. The Balaban J connectivity index is 2.42. The van der Waals surface area contributed by atoms with Gasteiger partial charge in [0, 0.05) is 5.75 Å². The second-order valence-electron chi connectivity index (χ2n) is 4.63. The third-order valence-electron chi connectivity index (χ3n) is 2.88. The van der Waals surface area contributed by atoms with Crippen molar-refractivity contribution in [2.75, 3.05) is 5.32 Å². The predicted octanol–water partition coefficient (Wildman–Crippen LogP) is 5.49. The van der Waals surface area contributed by atoms with E-state index in [4.69, 9.17) is 4.74 Å². The number of amides is 1. The number of carbonyl (C=O) groups excluding carboxylic acids is 1. The normalized spacial score (nSPS) is 12.1. The second kappa shape index (κ2) is 7.16. The molecule has 3 nitrogen and oxygen atoms in total. The number of carbonyl (C=O) groups is 1. The average Bonchev–Trinajstić information content (AvgIpc) is 2.94. The van der Waals surface area contributed by atoms with Gasteiger partial charge in [0.1, 0.15) is 5.75 Å². The van der Waals surface area contributed by atoms with Crippen molar-refractivity contribution in [2.24, 2.45) is 0 Å². The largest absolute Gasteiger partial charge is 0.471 e. The molecule has 25 heavy (non-hydrogen) atoms. The molecule has 1 amide bonds. The smallest absolute Gasteiger partial charge is 0.454 e. The van der Waals surface area contributed by atoms with E-state index in [0.717, 1.165) is 6.07 Å². The monoisotopic (exact) mass is 401 g/mol. The summed E-state index contributed by atoms with van der Waals surface area (Å²) < 4.78 is 81.0. The quantitative estimate of drug-likeness (QED) is 0.525. The van der Waals surface area contributed by atoms with E-state index in [1.54, 1.807) is 5.38 Å². The van der Waals surface area contributed by atoms with Crippen LogP contribution in [0.5, 0.6) is 11.5 Å². The van der Waals surface area contributed by atoms with Crippen molar-refractivity contribution >= 4 is 35.6 Å². The van der Waals surface area contributed by atoms with Crippen molar-refractivity contribution < 1.29 is 35.9 Å². The zero-order valence-corrected chi connectivity index (χ0v) is 13.7. The Kier molecular flexibility index (Phi) is 5.57. The van der Waals surface area contributed by atoms with Gasteiger partial charge in [-0.1, -0.05) is 0 Å². The molecule has 0 saturated carbocycles. The van der Waals surface area contributed by atoms with E-state index in [9.17, 15) is 31.1 Å². The number of hydrogen-bond acceptors (Lipinski definition) is 4. The molecule has 136 valence electrons. The van der Waals surface area contributed by atoms with Crippen LogP contribution in [-0.2, 0) is 16.7 Å². The number of alkyl halides is 6. The Morgan fingerprint density at radius 1 is 1.12 bits per heavy atom.